The number of hydrogen-bond donors (Lipinski definition) is 2. The molecule has 0 radical (unpaired) electrons. The second-order valence-corrected chi connectivity index (χ2v) is 5.96. The second-order valence-electron chi connectivity index (χ2n) is 5.12. The van der Waals surface area contributed by atoms with Crippen molar-refractivity contribution in [1.82, 2.24) is 9.97 Å². The molecule has 6 heteroatoms. The topological polar surface area (TPSA) is 57.8 Å². The number of aryl methyl sites for hydroxylation is 2. The van der Waals surface area contributed by atoms with E-state index < -0.39 is 0 Å². The second kappa shape index (κ2) is 5.63. The molecule has 0 fully saturated rings. The monoisotopic (exact) mass is 333 g/mol. The quantitative estimate of drug-likeness (QED) is 0.711. The van der Waals surface area contributed by atoms with Gasteiger partial charge in [-0.15, -0.1) is 0 Å². The summed E-state index contributed by atoms with van der Waals surface area (Å²) in [5, 5.41) is 3.50. The van der Waals surface area contributed by atoms with Crippen LogP contribution in [-0.2, 0) is 0 Å². The number of aromatic amines is 1. The van der Waals surface area contributed by atoms with E-state index in [0.717, 1.165) is 22.2 Å². The summed E-state index contributed by atoms with van der Waals surface area (Å²) in [6, 6.07) is 8.71. The van der Waals surface area contributed by atoms with Crippen molar-refractivity contribution in [3.8, 4) is 0 Å². The van der Waals surface area contributed by atoms with Crippen LogP contribution >= 0.6 is 23.2 Å². The van der Waals surface area contributed by atoms with E-state index in [1.165, 1.54) is 6.07 Å². The molecule has 0 unspecified atom stereocenters. The van der Waals surface area contributed by atoms with E-state index >= 15 is 0 Å². The Labute approximate surface area is 137 Å². The Kier molecular flexibility index (Phi) is 3.81. The van der Waals surface area contributed by atoms with Crippen LogP contribution < -0.4 is 5.32 Å². The van der Waals surface area contributed by atoms with Crippen LogP contribution in [0.5, 0.6) is 0 Å². The lowest BCUT2D eigenvalue weighted by Gasteiger charge is -2.04. The summed E-state index contributed by atoms with van der Waals surface area (Å²) in [6.45, 7) is 4.05. The fraction of sp³-hybridized carbons (Fsp3) is 0.125. The molecule has 3 rings (SSSR count). The lowest BCUT2D eigenvalue weighted by Crippen LogP contribution is -2.13. The summed E-state index contributed by atoms with van der Waals surface area (Å²) in [5.74, 6) is 0.0465. The van der Waals surface area contributed by atoms with Gasteiger partial charge in [-0.3, -0.25) is 10.1 Å². The van der Waals surface area contributed by atoms with Gasteiger partial charge in [0, 0.05) is 5.02 Å². The number of nitrogens with one attached hydrogen (secondary N) is 2. The highest BCUT2D eigenvalue weighted by atomic mass is 35.5. The fourth-order valence-corrected chi connectivity index (χ4v) is 2.67. The summed E-state index contributed by atoms with van der Waals surface area (Å²) < 4.78 is 0. The molecule has 1 amide bonds. The van der Waals surface area contributed by atoms with Gasteiger partial charge in [0.1, 0.15) is 0 Å². The number of benzene rings is 2. The van der Waals surface area contributed by atoms with E-state index in [1.807, 2.05) is 26.0 Å². The van der Waals surface area contributed by atoms with Gasteiger partial charge in [-0.25, -0.2) is 4.98 Å². The van der Waals surface area contributed by atoms with Crippen LogP contribution in [0.2, 0.25) is 10.0 Å². The SMILES string of the molecule is Cc1cc2nc(NC(=O)c3ccc(Cl)cc3Cl)[nH]c2cc1C. The van der Waals surface area contributed by atoms with Crippen molar-refractivity contribution in [1.29, 1.82) is 0 Å². The Morgan fingerprint density at radius 2 is 1.86 bits per heavy atom. The first-order valence-electron chi connectivity index (χ1n) is 6.67. The smallest absolute Gasteiger partial charge is 0.259 e. The lowest BCUT2D eigenvalue weighted by atomic mass is 10.1. The van der Waals surface area contributed by atoms with Crippen molar-refractivity contribution < 1.29 is 4.79 Å². The normalized spacial score (nSPS) is 10.9. The van der Waals surface area contributed by atoms with E-state index in [2.05, 4.69) is 15.3 Å². The summed E-state index contributed by atoms with van der Waals surface area (Å²) in [5.41, 5.74) is 4.34. The number of fused-ring (bicyclic) bond motifs is 1. The first kappa shape index (κ1) is 14.9. The van der Waals surface area contributed by atoms with Crippen LogP contribution in [0.25, 0.3) is 11.0 Å². The largest absolute Gasteiger partial charge is 0.324 e. The van der Waals surface area contributed by atoms with Crippen molar-refractivity contribution in [3.63, 3.8) is 0 Å². The molecule has 0 bridgehead atoms. The molecule has 22 heavy (non-hydrogen) atoms. The number of anilines is 1. The number of H-pyrrole nitrogens is 1. The average molecular weight is 334 g/mol. The molecule has 1 aromatic heterocycles. The lowest BCUT2D eigenvalue weighted by molar-refractivity contribution is 0.102. The number of carbonyl (C=O) groups excluding carboxylic acids is 1. The maximum atomic E-state index is 12.3. The predicted molar refractivity (Wildman–Crippen MR) is 90.0 cm³/mol. The molecule has 2 N–H and O–H groups in total. The van der Waals surface area contributed by atoms with E-state index in [9.17, 15) is 4.79 Å². The van der Waals surface area contributed by atoms with Crippen molar-refractivity contribution in [2.45, 2.75) is 13.8 Å². The van der Waals surface area contributed by atoms with Gasteiger partial charge in [0.05, 0.1) is 21.6 Å². The minimum absolute atomic E-state index is 0.299. The first-order valence-corrected chi connectivity index (χ1v) is 7.43. The zero-order valence-corrected chi connectivity index (χ0v) is 13.5. The molecule has 0 saturated heterocycles. The Hall–Kier alpha value is -2.04. The average Bonchev–Trinajstić information content (AvgIpc) is 2.80. The van der Waals surface area contributed by atoms with Gasteiger partial charge in [0.25, 0.3) is 5.91 Å². The van der Waals surface area contributed by atoms with Gasteiger partial charge in [-0.2, -0.15) is 0 Å². The number of nitrogens with zero attached hydrogens (tertiary/aromatic N) is 1. The minimum atomic E-state index is -0.339. The Morgan fingerprint density at radius 1 is 1.14 bits per heavy atom. The van der Waals surface area contributed by atoms with Crippen molar-refractivity contribution >= 4 is 46.1 Å². The zero-order chi connectivity index (χ0) is 15.9. The highest BCUT2D eigenvalue weighted by Crippen LogP contribution is 2.23. The Bertz CT molecular complexity index is 847. The summed E-state index contributed by atoms with van der Waals surface area (Å²) in [4.78, 5) is 19.7. The number of amides is 1. The van der Waals surface area contributed by atoms with Crippen LogP contribution in [0, 0.1) is 13.8 Å². The van der Waals surface area contributed by atoms with Gasteiger partial charge in [-0.1, -0.05) is 23.2 Å². The third-order valence-electron chi connectivity index (χ3n) is 3.51. The van der Waals surface area contributed by atoms with Crippen LogP contribution in [-0.4, -0.2) is 15.9 Å². The minimum Gasteiger partial charge on any atom is -0.324 e. The molecule has 0 aliphatic rings. The van der Waals surface area contributed by atoms with Gasteiger partial charge < -0.3 is 4.98 Å². The van der Waals surface area contributed by atoms with Crippen molar-refractivity contribution in [2.24, 2.45) is 0 Å². The molecule has 2 aromatic carbocycles. The molecule has 0 saturated carbocycles. The van der Waals surface area contributed by atoms with Crippen molar-refractivity contribution in [2.75, 3.05) is 5.32 Å². The van der Waals surface area contributed by atoms with Crippen LogP contribution in [0.1, 0.15) is 21.5 Å². The van der Waals surface area contributed by atoms with Crippen molar-refractivity contribution in [3.05, 3.63) is 57.1 Å². The Balaban J connectivity index is 1.90. The number of imidazole rings is 1. The predicted octanol–water partition coefficient (Wildman–Crippen LogP) is 4.74. The zero-order valence-electron chi connectivity index (χ0n) is 12.0. The van der Waals surface area contributed by atoms with Gasteiger partial charge in [-0.05, 0) is 55.3 Å². The number of aromatic nitrogens is 2. The number of rotatable bonds is 2. The molecular weight excluding hydrogens is 321 g/mol. The Morgan fingerprint density at radius 3 is 2.59 bits per heavy atom. The molecule has 0 aliphatic heterocycles. The van der Waals surface area contributed by atoms with Gasteiger partial charge in [0.2, 0.25) is 5.95 Å². The van der Waals surface area contributed by atoms with E-state index in [0.29, 0.717) is 21.6 Å². The molecule has 3 aromatic rings. The molecule has 112 valence electrons. The summed E-state index contributed by atoms with van der Waals surface area (Å²) in [7, 11) is 0. The highest BCUT2D eigenvalue weighted by molar-refractivity contribution is 6.37. The maximum Gasteiger partial charge on any atom is 0.259 e. The number of hydrogen-bond acceptors (Lipinski definition) is 2. The van der Waals surface area contributed by atoms with Crippen LogP contribution in [0.3, 0.4) is 0 Å². The molecule has 0 spiro atoms. The van der Waals surface area contributed by atoms with E-state index in [-0.39, 0.29) is 5.91 Å². The number of halogens is 2. The molecule has 1 heterocycles. The van der Waals surface area contributed by atoms with Gasteiger partial charge >= 0.3 is 0 Å². The number of carbonyl (C=O) groups is 1. The molecular formula is C16H13Cl2N3O. The fourth-order valence-electron chi connectivity index (χ4n) is 2.18. The summed E-state index contributed by atoms with van der Waals surface area (Å²) >= 11 is 11.9. The van der Waals surface area contributed by atoms with Crippen LogP contribution in [0.15, 0.2) is 30.3 Å². The molecule has 4 nitrogen and oxygen atoms in total. The maximum absolute atomic E-state index is 12.3. The molecule has 0 atom stereocenters. The van der Waals surface area contributed by atoms with Crippen LogP contribution in [0.4, 0.5) is 5.95 Å². The molecule has 0 aliphatic carbocycles. The first-order chi connectivity index (χ1) is 10.4. The summed E-state index contributed by atoms with van der Waals surface area (Å²) in [6.07, 6.45) is 0. The standard InChI is InChI=1S/C16H13Cl2N3O/c1-8-5-13-14(6-9(8)2)20-16(19-13)21-15(22)11-4-3-10(17)7-12(11)18/h3-7H,1-2H3,(H2,19,20,21,22). The highest BCUT2D eigenvalue weighted by Gasteiger charge is 2.13. The van der Waals surface area contributed by atoms with Gasteiger partial charge in [0.15, 0.2) is 0 Å². The van der Waals surface area contributed by atoms with E-state index in [1.54, 1.807) is 12.1 Å². The third-order valence-corrected chi connectivity index (χ3v) is 4.05. The third kappa shape index (κ3) is 2.80. The van der Waals surface area contributed by atoms with E-state index in [4.69, 9.17) is 23.2 Å².